The molecule has 2 saturated heterocycles. The van der Waals surface area contributed by atoms with Gasteiger partial charge in [-0.1, -0.05) is 37.3 Å². The number of rotatable bonds is 5. The number of piperazine rings is 1. The average Bonchev–Trinajstić information content (AvgIpc) is 2.80. The number of anilines is 1. The summed E-state index contributed by atoms with van der Waals surface area (Å²) in [6.45, 7) is 7.97. The summed E-state index contributed by atoms with van der Waals surface area (Å²) in [5.41, 5.74) is 2.14. The van der Waals surface area contributed by atoms with Crippen LogP contribution in [0, 0.1) is 0 Å². The van der Waals surface area contributed by atoms with E-state index in [1.807, 2.05) is 12.1 Å². The second-order valence-electron chi connectivity index (χ2n) is 8.21. The predicted octanol–water partition coefficient (Wildman–Crippen LogP) is 3.81. The van der Waals surface area contributed by atoms with Crippen LogP contribution in [0.3, 0.4) is 0 Å². The molecule has 0 radical (unpaired) electrons. The standard InChI is InChI=1S/C24H32N4O/c1-2-22-10-6-7-13-28(22)24(29)21-11-12-25-23(18-21)27-16-14-26(15-17-27)19-20-8-4-3-5-9-20/h3-5,8-9,11-12,18,22H,2,6-7,10,13-17,19H2,1H3. The van der Waals surface area contributed by atoms with E-state index >= 15 is 0 Å². The van der Waals surface area contributed by atoms with Gasteiger partial charge in [-0.2, -0.15) is 0 Å². The lowest BCUT2D eigenvalue weighted by atomic mass is 9.99. The van der Waals surface area contributed by atoms with Gasteiger partial charge in [0, 0.05) is 57.1 Å². The molecule has 1 unspecified atom stereocenters. The van der Waals surface area contributed by atoms with E-state index in [0.717, 1.165) is 69.9 Å². The molecule has 1 aromatic heterocycles. The van der Waals surface area contributed by atoms with Gasteiger partial charge in [-0.05, 0) is 43.4 Å². The van der Waals surface area contributed by atoms with Crippen molar-refractivity contribution in [3.8, 4) is 0 Å². The van der Waals surface area contributed by atoms with Crippen molar-refractivity contribution >= 4 is 11.7 Å². The summed E-state index contributed by atoms with van der Waals surface area (Å²) in [7, 11) is 0. The number of hydrogen-bond donors (Lipinski definition) is 0. The molecule has 5 heteroatoms. The third-order valence-electron chi connectivity index (χ3n) is 6.30. The summed E-state index contributed by atoms with van der Waals surface area (Å²) in [6.07, 6.45) is 6.31. The minimum Gasteiger partial charge on any atom is -0.354 e. The average molecular weight is 393 g/mol. The lowest BCUT2D eigenvalue weighted by Gasteiger charge is -2.36. The smallest absolute Gasteiger partial charge is 0.254 e. The molecule has 29 heavy (non-hydrogen) atoms. The highest BCUT2D eigenvalue weighted by molar-refractivity contribution is 5.95. The van der Waals surface area contributed by atoms with E-state index in [4.69, 9.17) is 0 Å². The number of hydrogen-bond acceptors (Lipinski definition) is 4. The van der Waals surface area contributed by atoms with E-state index in [1.165, 1.54) is 12.0 Å². The molecule has 2 aromatic rings. The maximum Gasteiger partial charge on any atom is 0.254 e. The van der Waals surface area contributed by atoms with Crippen molar-refractivity contribution in [1.29, 1.82) is 0 Å². The van der Waals surface area contributed by atoms with Gasteiger partial charge in [-0.15, -0.1) is 0 Å². The fourth-order valence-electron chi connectivity index (χ4n) is 4.56. The number of nitrogens with zero attached hydrogens (tertiary/aromatic N) is 4. The zero-order valence-corrected chi connectivity index (χ0v) is 17.5. The van der Waals surface area contributed by atoms with Crippen LogP contribution in [0.4, 0.5) is 5.82 Å². The first-order valence-electron chi connectivity index (χ1n) is 11.0. The molecule has 2 aliphatic heterocycles. The Morgan fingerprint density at radius 1 is 1.03 bits per heavy atom. The minimum atomic E-state index is 0.169. The Labute approximate surface area is 174 Å². The van der Waals surface area contributed by atoms with Gasteiger partial charge in [0.2, 0.25) is 0 Å². The van der Waals surface area contributed by atoms with E-state index in [0.29, 0.717) is 6.04 Å². The molecule has 5 nitrogen and oxygen atoms in total. The molecule has 3 heterocycles. The van der Waals surface area contributed by atoms with Crippen molar-refractivity contribution in [3.63, 3.8) is 0 Å². The summed E-state index contributed by atoms with van der Waals surface area (Å²) in [6, 6.07) is 14.9. The summed E-state index contributed by atoms with van der Waals surface area (Å²) in [5, 5.41) is 0. The summed E-state index contributed by atoms with van der Waals surface area (Å²) >= 11 is 0. The lowest BCUT2D eigenvalue weighted by molar-refractivity contribution is 0.0608. The topological polar surface area (TPSA) is 39.7 Å². The molecule has 2 aliphatic rings. The molecule has 0 saturated carbocycles. The molecule has 0 N–H and O–H groups in total. The van der Waals surface area contributed by atoms with E-state index in [2.05, 4.69) is 56.9 Å². The van der Waals surface area contributed by atoms with Crippen molar-refractivity contribution in [2.45, 2.75) is 45.2 Å². The fourth-order valence-corrected chi connectivity index (χ4v) is 4.56. The number of pyridine rings is 1. The van der Waals surface area contributed by atoms with Crippen LogP contribution in [-0.2, 0) is 6.54 Å². The third kappa shape index (κ3) is 4.78. The number of likely N-dealkylation sites (tertiary alicyclic amines) is 1. The van der Waals surface area contributed by atoms with Crippen LogP contribution >= 0.6 is 0 Å². The van der Waals surface area contributed by atoms with Crippen LogP contribution in [-0.4, -0.2) is 59.5 Å². The first-order chi connectivity index (χ1) is 14.2. The first-order valence-corrected chi connectivity index (χ1v) is 11.0. The SMILES string of the molecule is CCC1CCCCN1C(=O)c1ccnc(N2CCN(Cc3ccccc3)CC2)c1. The molecular weight excluding hydrogens is 360 g/mol. The highest BCUT2D eigenvalue weighted by Gasteiger charge is 2.27. The number of piperidine rings is 1. The molecule has 4 rings (SSSR count). The minimum absolute atomic E-state index is 0.169. The van der Waals surface area contributed by atoms with Crippen LogP contribution in [0.2, 0.25) is 0 Å². The second kappa shape index (κ2) is 9.40. The molecule has 1 amide bonds. The second-order valence-corrected chi connectivity index (χ2v) is 8.21. The number of amides is 1. The zero-order chi connectivity index (χ0) is 20.1. The van der Waals surface area contributed by atoms with E-state index < -0.39 is 0 Å². The number of aromatic nitrogens is 1. The normalized spacial score (nSPS) is 20.7. The van der Waals surface area contributed by atoms with Crippen LogP contribution in [0.5, 0.6) is 0 Å². The van der Waals surface area contributed by atoms with Gasteiger partial charge in [-0.3, -0.25) is 9.69 Å². The van der Waals surface area contributed by atoms with Gasteiger partial charge >= 0.3 is 0 Å². The molecule has 1 aromatic carbocycles. The summed E-state index contributed by atoms with van der Waals surface area (Å²) < 4.78 is 0. The fraction of sp³-hybridized carbons (Fsp3) is 0.500. The van der Waals surface area contributed by atoms with E-state index in [1.54, 1.807) is 6.20 Å². The Kier molecular flexibility index (Phi) is 6.45. The van der Waals surface area contributed by atoms with Crippen molar-refractivity contribution in [3.05, 3.63) is 59.8 Å². The quantitative estimate of drug-likeness (QED) is 0.776. The number of carbonyl (C=O) groups is 1. The highest BCUT2D eigenvalue weighted by Crippen LogP contribution is 2.23. The Hall–Kier alpha value is -2.40. The molecule has 0 spiro atoms. The van der Waals surface area contributed by atoms with Crippen molar-refractivity contribution < 1.29 is 4.79 Å². The van der Waals surface area contributed by atoms with Gasteiger partial charge in [0.25, 0.3) is 5.91 Å². The van der Waals surface area contributed by atoms with Gasteiger partial charge in [0.05, 0.1) is 0 Å². The number of benzene rings is 1. The Morgan fingerprint density at radius 2 is 1.83 bits per heavy atom. The van der Waals surface area contributed by atoms with Crippen molar-refractivity contribution in [2.24, 2.45) is 0 Å². The summed E-state index contributed by atoms with van der Waals surface area (Å²) in [5.74, 6) is 1.10. The Morgan fingerprint density at radius 3 is 2.59 bits per heavy atom. The maximum absolute atomic E-state index is 13.1. The van der Waals surface area contributed by atoms with Gasteiger partial charge in [0.15, 0.2) is 0 Å². The maximum atomic E-state index is 13.1. The van der Waals surface area contributed by atoms with Gasteiger partial charge < -0.3 is 9.80 Å². The van der Waals surface area contributed by atoms with Crippen LogP contribution in [0.25, 0.3) is 0 Å². The van der Waals surface area contributed by atoms with Gasteiger partial charge in [-0.25, -0.2) is 4.98 Å². The molecule has 0 aliphatic carbocycles. The number of carbonyl (C=O) groups excluding carboxylic acids is 1. The molecular formula is C24H32N4O. The predicted molar refractivity (Wildman–Crippen MR) is 117 cm³/mol. The zero-order valence-electron chi connectivity index (χ0n) is 17.5. The van der Waals surface area contributed by atoms with Crippen LogP contribution in [0.1, 0.15) is 48.5 Å². The summed E-state index contributed by atoms with van der Waals surface area (Å²) in [4.78, 5) is 24.6. The van der Waals surface area contributed by atoms with Crippen molar-refractivity contribution in [2.75, 3.05) is 37.6 Å². The van der Waals surface area contributed by atoms with E-state index in [9.17, 15) is 4.79 Å². The first kappa shape index (κ1) is 19.9. The van der Waals surface area contributed by atoms with Crippen molar-refractivity contribution in [1.82, 2.24) is 14.8 Å². The Balaban J connectivity index is 1.38. The van der Waals surface area contributed by atoms with E-state index in [-0.39, 0.29) is 5.91 Å². The molecule has 154 valence electrons. The van der Waals surface area contributed by atoms with Crippen LogP contribution < -0.4 is 4.90 Å². The van der Waals surface area contributed by atoms with Gasteiger partial charge in [0.1, 0.15) is 5.82 Å². The third-order valence-corrected chi connectivity index (χ3v) is 6.30. The molecule has 2 fully saturated rings. The highest BCUT2D eigenvalue weighted by atomic mass is 16.2. The largest absolute Gasteiger partial charge is 0.354 e. The monoisotopic (exact) mass is 392 g/mol. The molecule has 1 atom stereocenters. The molecule has 0 bridgehead atoms. The van der Waals surface area contributed by atoms with Crippen LogP contribution in [0.15, 0.2) is 48.7 Å². The Bertz CT molecular complexity index is 802. The lowest BCUT2D eigenvalue weighted by Crippen LogP contribution is -2.46.